The largest absolute Gasteiger partial charge is 0.394 e. The lowest BCUT2D eigenvalue weighted by Gasteiger charge is -1.97. The summed E-state index contributed by atoms with van der Waals surface area (Å²) in [6, 6.07) is 0. The summed E-state index contributed by atoms with van der Waals surface area (Å²) < 4.78 is 0. The maximum Gasteiger partial charge on any atom is 0.00277 e. The number of hydrogen-bond acceptors (Lipinski definition) is 1. The van der Waals surface area contributed by atoms with E-state index < -0.39 is 0 Å². The van der Waals surface area contributed by atoms with Crippen molar-refractivity contribution in [3.63, 3.8) is 0 Å². The highest BCUT2D eigenvalue weighted by atomic mass is 14.8. The van der Waals surface area contributed by atoms with E-state index >= 15 is 0 Å². The van der Waals surface area contributed by atoms with E-state index in [1.54, 1.807) is 0 Å². The first-order valence-corrected chi connectivity index (χ1v) is 4.05. The summed E-state index contributed by atoms with van der Waals surface area (Å²) >= 11 is 0. The van der Waals surface area contributed by atoms with Gasteiger partial charge in [-0.25, -0.2) is 0 Å². The van der Waals surface area contributed by atoms with Crippen LogP contribution in [0.15, 0.2) is 48.2 Å². The summed E-state index contributed by atoms with van der Waals surface area (Å²) in [5.41, 5.74) is 2.21. The Morgan fingerprint density at radius 1 is 1.42 bits per heavy atom. The summed E-state index contributed by atoms with van der Waals surface area (Å²) in [7, 11) is 1.88. The van der Waals surface area contributed by atoms with E-state index in [9.17, 15) is 0 Å². The molecule has 0 amide bonds. The van der Waals surface area contributed by atoms with Gasteiger partial charge in [0.1, 0.15) is 0 Å². The van der Waals surface area contributed by atoms with Crippen LogP contribution < -0.4 is 5.32 Å². The lowest BCUT2D eigenvalue weighted by molar-refractivity contribution is 1.10. The number of hydrogen-bond donors (Lipinski definition) is 1. The second-order valence-corrected chi connectivity index (χ2v) is 2.55. The van der Waals surface area contributed by atoms with E-state index in [-0.39, 0.29) is 0 Å². The van der Waals surface area contributed by atoms with Crippen LogP contribution in [0, 0.1) is 0 Å². The van der Waals surface area contributed by atoms with Crippen molar-refractivity contribution in [2.75, 3.05) is 7.05 Å². The quantitative estimate of drug-likeness (QED) is 0.628. The van der Waals surface area contributed by atoms with Gasteiger partial charge in [0, 0.05) is 7.05 Å². The molecule has 0 saturated heterocycles. The van der Waals surface area contributed by atoms with Gasteiger partial charge in [0.2, 0.25) is 0 Å². The highest BCUT2D eigenvalue weighted by Gasteiger charge is 1.88. The lowest BCUT2D eigenvalue weighted by Crippen LogP contribution is -1.92. The molecule has 0 atom stereocenters. The molecule has 0 aromatic carbocycles. The Morgan fingerprint density at radius 2 is 2.08 bits per heavy atom. The molecule has 0 aromatic heterocycles. The molecule has 1 heteroatoms. The second-order valence-electron chi connectivity index (χ2n) is 2.55. The van der Waals surface area contributed by atoms with E-state index in [0.29, 0.717) is 0 Å². The van der Waals surface area contributed by atoms with Gasteiger partial charge in [-0.15, -0.1) is 0 Å². The minimum Gasteiger partial charge on any atom is -0.394 e. The van der Waals surface area contributed by atoms with Crippen LogP contribution >= 0.6 is 0 Å². The third-order valence-electron chi connectivity index (χ3n) is 1.39. The van der Waals surface area contributed by atoms with Crippen LogP contribution in [0.3, 0.4) is 0 Å². The van der Waals surface area contributed by atoms with Gasteiger partial charge >= 0.3 is 0 Å². The SMILES string of the molecule is C=C(C)C(/C=C\NC)=C\C=C/C. The van der Waals surface area contributed by atoms with E-state index in [0.717, 1.165) is 11.1 Å². The van der Waals surface area contributed by atoms with Crippen molar-refractivity contribution in [3.8, 4) is 0 Å². The van der Waals surface area contributed by atoms with Crippen LogP contribution in [-0.4, -0.2) is 7.05 Å². The maximum atomic E-state index is 3.88. The van der Waals surface area contributed by atoms with Gasteiger partial charge in [-0.05, 0) is 31.7 Å². The molecular weight excluding hydrogens is 146 g/mol. The predicted octanol–water partition coefficient (Wildman–Crippen LogP) is 2.80. The summed E-state index contributed by atoms with van der Waals surface area (Å²) in [5, 5.41) is 2.94. The minimum atomic E-state index is 1.07. The first kappa shape index (κ1) is 10.8. The first-order valence-electron chi connectivity index (χ1n) is 4.05. The fourth-order valence-corrected chi connectivity index (χ4v) is 0.713. The number of allylic oxidation sites excluding steroid dienone is 6. The normalized spacial score (nSPS) is 12.8. The van der Waals surface area contributed by atoms with E-state index in [4.69, 9.17) is 0 Å². The predicted molar refractivity (Wildman–Crippen MR) is 55.9 cm³/mol. The standard InChI is InChI=1S/C11H17N/c1-5-6-7-11(10(2)3)8-9-12-4/h5-9,12H,2H2,1,3-4H3/b6-5-,9-8-,11-7-. The molecule has 1 N–H and O–H groups in total. The summed E-state index contributed by atoms with van der Waals surface area (Å²) in [4.78, 5) is 0. The molecule has 0 aromatic rings. The fraction of sp³-hybridized carbons (Fsp3) is 0.273. The average Bonchev–Trinajstić information content (AvgIpc) is 2.04. The molecule has 0 spiro atoms. The van der Waals surface area contributed by atoms with Crippen LogP contribution in [-0.2, 0) is 0 Å². The van der Waals surface area contributed by atoms with E-state index in [1.807, 2.05) is 51.4 Å². The van der Waals surface area contributed by atoms with Crippen molar-refractivity contribution in [2.24, 2.45) is 0 Å². The van der Waals surface area contributed by atoms with Crippen LogP contribution in [0.2, 0.25) is 0 Å². The van der Waals surface area contributed by atoms with Crippen LogP contribution in [0.4, 0.5) is 0 Å². The molecular formula is C11H17N. The molecule has 12 heavy (non-hydrogen) atoms. The van der Waals surface area contributed by atoms with Crippen LogP contribution in [0.25, 0.3) is 0 Å². The molecule has 0 fully saturated rings. The van der Waals surface area contributed by atoms with Gasteiger partial charge in [0.25, 0.3) is 0 Å². The van der Waals surface area contributed by atoms with E-state index in [1.165, 1.54) is 0 Å². The fourth-order valence-electron chi connectivity index (χ4n) is 0.713. The van der Waals surface area contributed by atoms with Gasteiger partial charge in [0.05, 0.1) is 0 Å². The van der Waals surface area contributed by atoms with Gasteiger partial charge in [-0.1, -0.05) is 30.4 Å². The molecule has 0 aliphatic heterocycles. The lowest BCUT2D eigenvalue weighted by atomic mass is 10.1. The van der Waals surface area contributed by atoms with Crippen molar-refractivity contribution in [3.05, 3.63) is 48.2 Å². The third-order valence-corrected chi connectivity index (χ3v) is 1.39. The highest BCUT2D eigenvalue weighted by molar-refractivity contribution is 5.38. The highest BCUT2D eigenvalue weighted by Crippen LogP contribution is 2.07. The van der Waals surface area contributed by atoms with Crippen LogP contribution in [0.1, 0.15) is 13.8 Å². The topological polar surface area (TPSA) is 12.0 Å². The third kappa shape index (κ3) is 4.56. The number of nitrogens with one attached hydrogen (secondary N) is 1. The first-order chi connectivity index (χ1) is 5.72. The molecule has 0 radical (unpaired) electrons. The zero-order valence-corrected chi connectivity index (χ0v) is 8.09. The van der Waals surface area contributed by atoms with Crippen LogP contribution in [0.5, 0.6) is 0 Å². The zero-order chi connectivity index (χ0) is 9.40. The van der Waals surface area contributed by atoms with Gasteiger partial charge < -0.3 is 5.32 Å². The maximum absolute atomic E-state index is 3.88. The molecule has 0 bridgehead atoms. The summed E-state index contributed by atoms with van der Waals surface area (Å²) in [6.45, 7) is 7.87. The summed E-state index contributed by atoms with van der Waals surface area (Å²) in [5.74, 6) is 0. The Labute approximate surface area is 75.2 Å². The molecule has 0 saturated carbocycles. The molecule has 0 aliphatic rings. The smallest absolute Gasteiger partial charge is 0.00277 e. The molecule has 1 nitrogen and oxygen atoms in total. The molecule has 0 heterocycles. The van der Waals surface area contributed by atoms with Gasteiger partial charge in [-0.3, -0.25) is 0 Å². The second kappa shape index (κ2) is 6.47. The Hall–Kier alpha value is -1.24. The van der Waals surface area contributed by atoms with Crippen molar-refractivity contribution in [1.82, 2.24) is 5.32 Å². The Morgan fingerprint density at radius 3 is 2.50 bits per heavy atom. The Kier molecular flexibility index (Phi) is 5.80. The Bertz CT molecular complexity index is 219. The molecule has 0 rings (SSSR count). The average molecular weight is 163 g/mol. The van der Waals surface area contributed by atoms with E-state index in [2.05, 4.69) is 11.9 Å². The summed E-state index contributed by atoms with van der Waals surface area (Å²) in [6.07, 6.45) is 9.93. The monoisotopic (exact) mass is 163 g/mol. The molecule has 0 unspecified atom stereocenters. The van der Waals surface area contributed by atoms with Gasteiger partial charge in [0.15, 0.2) is 0 Å². The van der Waals surface area contributed by atoms with Crippen molar-refractivity contribution >= 4 is 0 Å². The van der Waals surface area contributed by atoms with Crippen molar-refractivity contribution < 1.29 is 0 Å². The minimum absolute atomic E-state index is 1.07. The zero-order valence-electron chi connectivity index (χ0n) is 8.09. The van der Waals surface area contributed by atoms with Gasteiger partial charge in [-0.2, -0.15) is 0 Å². The molecule has 66 valence electrons. The number of rotatable bonds is 4. The Balaban J connectivity index is 4.43. The van der Waals surface area contributed by atoms with Crippen molar-refractivity contribution in [2.45, 2.75) is 13.8 Å². The van der Waals surface area contributed by atoms with Crippen molar-refractivity contribution in [1.29, 1.82) is 0 Å². The molecule has 0 aliphatic carbocycles.